The van der Waals surface area contributed by atoms with Gasteiger partial charge in [0, 0.05) is 5.75 Å². The zero-order chi connectivity index (χ0) is 15.8. The number of esters is 1. The van der Waals surface area contributed by atoms with Crippen molar-refractivity contribution in [3.8, 4) is 0 Å². The predicted octanol–water partition coefficient (Wildman–Crippen LogP) is 4.16. The van der Waals surface area contributed by atoms with E-state index in [1.165, 1.54) is 17.3 Å². The predicted molar refractivity (Wildman–Crippen MR) is 98.7 cm³/mol. The van der Waals surface area contributed by atoms with Gasteiger partial charge in [0.25, 0.3) is 0 Å². The molecule has 2 aromatic rings. The van der Waals surface area contributed by atoms with Gasteiger partial charge in [-0.2, -0.15) is 0 Å². The van der Waals surface area contributed by atoms with Crippen LogP contribution in [0, 0.1) is 0 Å². The number of hydrogen-bond acceptors (Lipinski definition) is 4. The van der Waals surface area contributed by atoms with E-state index in [9.17, 15) is 4.79 Å². The maximum Gasteiger partial charge on any atom is 0.338 e. The van der Waals surface area contributed by atoms with E-state index >= 15 is 0 Å². The summed E-state index contributed by atoms with van der Waals surface area (Å²) in [6, 6.07) is 17.0. The van der Waals surface area contributed by atoms with Crippen molar-refractivity contribution in [3.63, 3.8) is 0 Å². The van der Waals surface area contributed by atoms with Crippen LogP contribution in [0.2, 0.25) is 0 Å². The van der Waals surface area contributed by atoms with Crippen molar-refractivity contribution in [2.24, 2.45) is 10.7 Å². The van der Waals surface area contributed by atoms with Crippen LogP contribution < -0.4 is 5.73 Å². The molecule has 0 fully saturated rings. The zero-order valence-corrected chi connectivity index (χ0v) is 14.4. The first kappa shape index (κ1) is 19.1. The molecule has 0 amide bonds. The summed E-state index contributed by atoms with van der Waals surface area (Å²) in [6.45, 7) is 2.14. The number of thioether (sulfide) groups is 1. The van der Waals surface area contributed by atoms with Crippen molar-refractivity contribution in [2.75, 3.05) is 6.61 Å². The summed E-state index contributed by atoms with van der Waals surface area (Å²) in [7, 11) is 0. The lowest BCUT2D eigenvalue weighted by molar-refractivity contribution is 0.0526. The van der Waals surface area contributed by atoms with Gasteiger partial charge in [0.2, 0.25) is 0 Å². The Morgan fingerprint density at radius 1 is 1.13 bits per heavy atom. The average molecular weight is 351 g/mol. The monoisotopic (exact) mass is 350 g/mol. The summed E-state index contributed by atoms with van der Waals surface area (Å²) in [6.07, 6.45) is 0. The summed E-state index contributed by atoms with van der Waals surface area (Å²) >= 11 is 1.48. The van der Waals surface area contributed by atoms with Crippen LogP contribution in [0.1, 0.15) is 22.8 Å². The molecule has 122 valence electrons. The number of aliphatic imine (C=N–C) groups is 1. The Morgan fingerprint density at radius 3 is 2.39 bits per heavy atom. The number of ether oxygens (including phenoxy) is 1. The van der Waals surface area contributed by atoms with Crippen LogP contribution in [0.25, 0.3) is 0 Å². The number of halogens is 1. The van der Waals surface area contributed by atoms with Gasteiger partial charge in [-0.25, -0.2) is 9.79 Å². The van der Waals surface area contributed by atoms with Crippen LogP contribution in [-0.4, -0.2) is 17.7 Å². The second-order valence-electron chi connectivity index (χ2n) is 4.49. The summed E-state index contributed by atoms with van der Waals surface area (Å²) < 4.78 is 4.93. The molecular weight excluding hydrogens is 332 g/mol. The molecule has 2 rings (SSSR count). The topological polar surface area (TPSA) is 64.7 Å². The van der Waals surface area contributed by atoms with Crippen molar-refractivity contribution >= 4 is 41.0 Å². The van der Waals surface area contributed by atoms with Crippen molar-refractivity contribution in [3.05, 3.63) is 65.7 Å². The second-order valence-corrected chi connectivity index (χ2v) is 5.49. The van der Waals surface area contributed by atoms with E-state index in [-0.39, 0.29) is 18.4 Å². The van der Waals surface area contributed by atoms with Gasteiger partial charge in [-0.15, -0.1) is 12.4 Å². The second kappa shape index (κ2) is 9.92. The third-order valence-electron chi connectivity index (χ3n) is 2.85. The lowest BCUT2D eigenvalue weighted by atomic mass is 10.2. The van der Waals surface area contributed by atoms with Crippen LogP contribution in [-0.2, 0) is 10.5 Å². The SMILES string of the molecule is CCOC(=O)c1ccc(N=C(N)SCc2ccccc2)cc1.Cl. The molecule has 4 nitrogen and oxygen atoms in total. The number of nitrogens with two attached hydrogens (primary N) is 1. The van der Waals surface area contributed by atoms with Gasteiger partial charge >= 0.3 is 5.97 Å². The minimum absolute atomic E-state index is 0. The first-order valence-electron chi connectivity index (χ1n) is 6.97. The van der Waals surface area contributed by atoms with Gasteiger partial charge in [0.05, 0.1) is 17.9 Å². The van der Waals surface area contributed by atoms with Gasteiger partial charge in [0.1, 0.15) is 0 Å². The number of carbonyl (C=O) groups is 1. The molecule has 0 aliphatic rings. The maximum absolute atomic E-state index is 11.6. The molecule has 0 radical (unpaired) electrons. The van der Waals surface area contributed by atoms with Gasteiger partial charge in [0.15, 0.2) is 5.17 Å². The summed E-state index contributed by atoms with van der Waals surface area (Å²) in [4.78, 5) is 15.9. The molecule has 0 aromatic heterocycles. The Hall–Kier alpha value is -1.98. The van der Waals surface area contributed by atoms with E-state index in [2.05, 4.69) is 17.1 Å². The molecule has 0 saturated carbocycles. The van der Waals surface area contributed by atoms with Crippen LogP contribution in [0.3, 0.4) is 0 Å². The maximum atomic E-state index is 11.6. The highest BCUT2D eigenvalue weighted by Crippen LogP contribution is 2.18. The van der Waals surface area contributed by atoms with Crippen molar-refractivity contribution in [2.45, 2.75) is 12.7 Å². The van der Waals surface area contributed by atoms with E-state index in [1.807, 2.05) is 18.2 Å². The first-order chi connectivity index (χ1) is 10.7. The number of rotatable bonds is 5. The third kappa shape index (κ3) is 6.34. The van der Waals surface area contributed by atoms with E-state index in [1.54, 1.807) is 31.2 Å². The molecule has 0 spiro atoms. The normalized spacial score (nSPS) is 10.7. The van der Waals surface area contributed by atoms with E-state index in [0.29, 0.717) is 23.0 Å². The summed E-state index contributed by atoms with van der Waals surface area (Å²) in [5.41, 5.74) is 8.34. The van der Waals surface area contributed by atoms with E-state index < -0.39 is 0 Å². The molecule has 0 aliphatic heterocycles. The largest absolute Gasteiger partial charge is 0.462 e. The molecule has 0 heterocycles. The van der Waals surface area contributed by atoms with E-state index in [4.69, 9.17) is 10.5 Å². The third-order valence-corrected chi connectivity index (χ3v) is 3.71. The minimum Gasteiger partial charge on any atom is -0.462 e. The molecule has 0 saturated heterocycles. The number of amidine groups is 1. The Kier molecular flexibility index (Phi) is 8.22. The number of carbonyl (C=O) groups excluding carboxylic acids is 1. The first-order valence-corrected chi connectivity index (χ1v) is 7.95. The van der Waals surface area contributed by atoms with Crippen molar-refractivity contribution < 1.29 is 9.53 Å². The number of benzene rings is 2. The molecule has 0 atom stereocenters. The van der Waals surface area contributed by atoms with Crippen LogP contribution in [0.15, 0.2) is 59.6 Å². The minimum atomic E-state index is -0.329. The fourth-order valence-electron chi connectivity index (χ4n) is 1.78. The number of hydrogen-bond donors (Lipinski definition) is 1. The average Bonchev–Trinajstić information content (AvgIpc) is 2.55. The molecular formula is C17H19ClN2O2S. The van der Waals surface area contributed by atoms with Gasteiger partial charge in [-0.3, -0.25) is 0 Å². The van der Waals surface area contributed by atoms with Crippen molar-refractivity contribution in [1.82, 2.24) is 0 Å². The molecule has 2 aromatic carbocycles. The fourth-order valence-corrected chi connectivity index (χ4v) is 2.45. The molecule has 2 N–H and O–H groups in total. The molecule has 0 unspecified atom stereocenters. The van der Waals surface area contributed by atoms with Gasteiger partial charge in [-0.1, -0.05) is 42.1 Å². The molecule has 0 bridgehead atoms. The lowest BCUT2D eigenvalue weighted by Gasteiger charge is -2.03. The van der Waals surface area contributed by atoms with E-state index in [0.717, 1.165) is 5.75 Å². The van der Waals surface area contributed by atoms with Crippen LogP contribution >= 0.6 is 24.2 Å². The molecule has 6 heteroatoms. The molecule has 23 heavy (non-hydrogen) atoms. The highest BCUT2D eigenvalue weighted by atomic mass is 35.5. The van der Waals surface area contributed by atoms with Gasteiger partial charge < -0.3 is 10.5 Å². The van der Waals surface area contributed by atoms with Gasteiger partial charge in [-0.05, 0) is 36.8 Å². The van der Waals surface area contributed by atoms with Crippen molar-refractivity contribution in [1.29, 1.82) is 0 Å². The van der Waals surface area contributed by atoms with Crippen LogP contribution in [0.4, 0.5) is 5.69 Å². The lowest BCUT2D eigenvalue weighted by Crippen LogP contribution is -2.06. The summed E-state index contributed by atoms with van der Waals surface area (Å²) in [5.74, 6) is 0.446. The molecule has 0 aliphatic carbocycles. The Balaban J connectivity index is 0.00000264. The van der Waals surface area contributed by atoms with Crippen LogP contribution in [0.5, 0.6) is 0 Å². The highest BCUT2D eigenvalue weighted by Gasteiger charge is 2.05. The number of nitrogens with zero attached hydrogens (tertiary/aromatic N) is 1. The smallest absolute Gasteiger partial charge is 0.338 e. The Morgan fingerprint density at radius 2 is 1.78 bits per heavy atom. The summed E-state index contributed by atoms with van der Waals surface area (Å²) in [5, 5.41) is 0.493. The quantitative estimate of drug-likeness (QED) is 0.499. The zero-order valence-electron chi connectivity index (χ0n) is 12.8. The highest BCUT2D eigenvalue weighted by molar-refractivity contribution is 8.13. The Labute approximate surface area is 146 Å². The fraction of sp³-hybridized carbons (Fsp3) is 0.176. The Bertz CT molecular complexity index is 645. The standard InChI is InChI=1S/C17H18N2O2S.ClH/c1-2-21-16(20)14-8-10-15(11-9-14)19-17(18)22-12-13-6-4-3-5-7-13;/h3-11H,2,12H2,1H3,(H2,18,19);1H.